The number of hydrogen-bond acceptors (Lipinski definition) is 2. The van der Waals surface area contributed by atoms with Crippen molar-refractivity contribution in [3.63, 3.8) is 0 Å². The maximum absolute atomic E-state index is 5.91. The average Bonchev–Trinajstić information content (AvgIpc) is 2.33. The molecule has 2 nitrogen and oxygen atoms in total. The summed E-state index contributed by atoms with van der Waals surface area (Å²) in [5, 5.41) is 0. The molecule has 1 rings (SSSR count). The molecule has 0 radical (unpaired) electrons. The van der Waals surface area contributed by atoms with Crippen LogP contribution in [-0.4, -0.2) is 19.0 Å². The molecule has 1 saturated heterocycles. The van der Waals surface area contributed by atoms with Gasteiger partial charge in [0.05, 0.1) is 13.2 Å². The molecular weight excluding hydrogens is 248 g/mol. The lowest BCUT2D eigenvalue weighted by atomic mass is 9.94. The Kier molecular flexibility index (Phi) is 6.47. The summed E-state index contributed by atoms with van der Waals surface area (Å²) in [6.45, 7) is 14.5. The Balaban J connectivity index is 2.30. The van der Waals surface area contributed by atoms with Crippen molar-refractivity contribution < 1.29 is 9.47 Å². The van der Waals surface area contributed by atoms with E-state index in [4.69, 9.17) is 9.47 Å². The lowest BCUT2D eigenvalue weighted by molar-refractivity contribution is -0.291. The maximum Gasteiger partial charge on any atom is 0.165 e. The highest BCUT2D eigenvalue weighted by Crippen LogP contribution is 2.32. The van der Waals surface area contributed by atoms with E-state index in [0.29, 0.717) is 0 Å². The second kappa shape index (κ2) is 7.42. The van der Waals surface area contributed by atoms with Gasteiger partial charge in [-0.1, -0.05) is 37.1 Å². The van der Waals surface area contributed by atoms with Crippen LogP contribution in [0.3, 0.4) is 0 Å². The fourth-order valence-electron chi connectivity index (χ4n) is 2.20. The maximum atomic E-state index is 5.91. The Labute approximate surface area is 125 Å². The molecule has 0 unspecified atom stereocenters. The molecule has 0 amide bonds. The molecule has 0 N–H and O–H groups in total. The molecule has 2 heteroatoms. The van der Waals surface area contributed by atoms with Crippen molar-refractivity contribution in [1.29, 1.82) is 0 Å². The van der Waals surface area contributed by atoms with Crippen LogP contribution in [0.25, 0.3) is 0 Å². The zero-order valence-corrected chi connectivity index (χ0v) is 14.2. The quantitative estimate of drug-likeness (QED) is 0.619. The van der Waals surface area contributed by atoms with E-state index in [1.165, 1.54) is 11.1 Å². The summed E-state index contributed by atoms with van der Waals surface area (Å²) in [5.41, 5.74) is 3.01. The molecular formula is C18H32O2. The summed E-state index contributed by atoms with van der Waals surface area (Å²) < 4.78 is 11.8. The molecule has 1 heterocycles. The smallest absolute Gasteiger partial charge is 0.165 e. The van der Waals surface area contributed by atoms with Crippen molar-refractivity contribution in [2.45, 2.75) is 73.0 Å². The average molecular weight is 280 g/mol. The van der Waals surface area contributed by atoms with E-state index in [-0.39, 0.29) is 5.41 Å². The molecule has 0 aliphatic carbocycles. The normalized spacial score (nSPS) is 21.6. The predicted octanol–water partition coefficient (Wildman–Crippen LogP) is 5.25. The minimum atomic E-state index is -0.397. The highest BCUT2D eigenvalue weighted by atomic mass is 16.7. The Morgan fingerprint density at radius 2 is 1.55 bits per heavy atom. The van der Waals surface area contributed by atoms with Crippen LogP contribution in [0.2, 0.25) is 0 Å². The zero-order valence-electron chi connectivity index (χ0n) is 14.2. The van der Waals surface area contributed by atoms with Crippen molar-refractivity contribution in [1.82, 2.24) is 0 Å². The molecule has 116 valence electrons. The van der Waals surface area contributed by atoms with Gasteiger partial charge in [0.1, 0.15) is 0 Å². The number of ether oxygens (including phenoxy) is 2. The summed E-state index contributed by atoms with van der Waals surface area (Å²) in [6.07, 6.45) is 8.88. The molecule has 0 aromatic carbocycles. The fourth-order valence-corrected chi connectivity index (χ4v) is 2.20. The third kappa shape index (κ3) is 6.71. The molecule has 0 saturated carbocycles. The molecule has 0 aromatic rings. The lowest BCUT2D eigenvalue weighted by Gasteiger charge is -2.41. The van der Waals surface area contributed by atoms with Crippen LogP contribution in [0.5, 0.6) is 0 Å². The Bertz CT molecular complexity index is 350. The second-order valence-corrected chi connectivity index (χ2v) is 7.28. The van der Waals surface area contributed by atoms with Gasteiger partial charge in [-0.15, -0.1) is 0 Å². The number of allylic oxidation sites excluding steroid dienone is 4. The van der Waals surface area contributed by atoms with E-state index >= 15 is 0 Å². The van der Waals surface area contributed by atoms with Crippen molar-refractivity contribution >= 4 is 0 Å². The second-order valence-electron chi connectivity index (χ2n) is 7.28. The minimum absolute atomic E-state index is 0.148. The molecule has 20 heavy (non-hydrogen) atoms. The van der Waals surface area contributed by atoms with E-state index in [0.717, 1.165) is 38.9 Å². The Morgan fingerprint density at radius 3 is 2.10 bits per heavy atom. The van der Waals surface area contributed by atoms with Gasteiger partial charge in [0.25, 0.3) is 0 Å². The summed E-state index contributed by atoms with van der Waals surface area (Å²) >= 11 is 0. The Morgan fingerprint density at radius 1 is 0.950 bits per heavy atom. The molecule has 0 bridgehead atoms. The Hall–Kier alpha value is -0.600. The highest BCUT2D eigenvalue weighted by Gasteiger charge is 2.36. The van der Waals surface area contributed by atoms with Gasteiger partial charge in [-0.25, -0.2) is 0 Å². The third-order valence-electron chi connectivity index (χ3n) is 3.72. The van der Waals surface area contributed by atoms with Crippen LogP contribution in [-0.2, 0) is 9.47 Å². The minimum Gasteiger partial charge on any atom is -0.350 e. The van der Waals surface area contributed by atoms with Gasteiger partial charge in [-0.3, -0.25) is 0 Å². The van der Waals surface area contributed by atoms with Crippen LogP contribution >= 0.6 is 0 Å². The first kappa shape index (κ1) is 17.5. The van der Waals surface area contributed by atoms with E-state index in [1.54, 1.807) is 0 Å². The van der Waals surface area contributed by atoms with E-state index in [2.05, 4.69) is 53.7 Å². The van der Waals surface area contributed by atoms with E-state index in [9.17, 15) is 0 Å². The standard InChI is InChI=1S/C18H32O2/c1-15(2)9-7-10-16(3)11-8-12-18(6)19-13-17(4,5)14-20-18/h9,11H,7-8,10,12-14H2,1-6H3. The van der Waals surface area contributed by atoms with Gasteiger partial charge in [0.2, 0.25) is 0 Å². The van der Waals surface area contributed by atoms with Crippen LogP contribution in [0.4, 0.5) is 0 Å². The van der Waals surface area contributed by atoms with Crippen LogP contribution in [0.1, 0.15) is 67.2 Å². The first-order valence-corrected chi connectivity index (χ1v) is 7.79. The molecule has 1 aliphatic rings. The molecule has 0 spiro atoms. The van der Waals surface area contributed by atoms with Crippen molar-refractivity contribution in [2.75, 3.05) is 13.2 Å². The predicted molar refractivity (Wildman–Crippen MR) is 85.7 cm³/mol. The molecule has 0 atom stereocenters. The summed E-state index contributed by atoms with van der Waals surface area (Å²) in [4.78, 5) is 0. The van der Waals surface area contributed by atoms with Crippen molar-refractivity contribution in [3.05, 3.63) is 23.3 Å². The molecule has 0 aromatic heterocycles. The zero-order chi connectivity index (χ0) is 15.2. The van der Waals surface area contributed by atoms with Crippen LogP contribution < -0.4 is 0 Å². The van der Waals surface area contributed by atoms with Gasteiger partial charge in [-0.05, 0) is 47.0 Å². The van der Waals surface area contributed by atoms with E-state index < -0.39 is 5.79 Å². The van der Waals surface area contributed by atoms with Crippen molar-refractivity contribution in [3.8, 4) is 0 Å². The van der Waals surface area contributed by atoms with Crippen LogP contribution in [0.15, 0.2) is 23.3 Å². The topological polar surface area (TPSA) is 18.5 Å². The monoisotopic (exact) mass is 280 g/mol. The summed E-state index contributed by atoms with van der Waals surface area (Å²) in [7, 11) is 0. The van der Waals surface area contributed by atoms with Crippen molar-refractivity contribution in [2.24, 2.45) is 5.41 Å². The number of hydrogen-bond donors (Lipinski definition) is 0. The summed E-state index contributed by atoms with van der Waals surface area (Å²) in [5.74, 6) is -0.397. The molecule has 1 aliphatic heterocycles. The lowest BCUT2D eigenvalue weighted by Crippen LogP contribution is -2.45. The largest absolute Gasteiger partial charge is 0.350 e. The van der Waals surface area contributed by atoms with Gasteiger partial charge in [-0.2, -0.15) is 0 Å². The fraction of sp³-hybridized carbons (Fsp3) is 0.778. The van der Waals surface area contributed by atoms with Gasteiger partial charge in [0, 0.05) is 11.8 Å². The van der Waals surface area contributed by atoms with Gasteiger partial charge in [0.15, 0.2) is 5.79 Å². The van der Waals surface area contributed by atoms with E-state index in [1.807, 2.05) is 0 Å². The third-order valence-corrected chi connectivity index (χ3v) is 3.72. The van der Waals surface area contributed by atoms with Gasteiger partial charge >= 0.3 is 0 Å². The van der Waals surface area contributed by atoms with Gasteiger partial charge < -0.3 is 9.47 Å². The highest BCUT2D eigenvalue weighted by molar-refractivity contribution is 5.02. The molecule has 1 fully saturated rings. The SMILES string of the molecule is CC(C)=CCCC(C)=CCCC1(C)OCC(C)(C)CO1. The summed E-state index contributed by atoms with van der Waals surface area (Å²) in [6, 6.07) is 0. The van der Waals surface area contributed by atoms with Crippen LogP contribution in [0, 0.1) is 5.41 Å². The first-order valence-electron chi connectivity index (χ1n) is 7.79. The number of rotatable bonds is 6. The first-order chi connectivity index (χ1) is 9.22.